The molecule has 21 heavy (non-hydrogen) atoms. The maximum Gasteiger partial charge on any atom is 0.356 e. The zero-order valence-electron chi connectivity index (χ0n) is 11.7. The van der Waals surface area contributed by atoms with Crippen LogP contribution in [0, 0.1) is 0 Å². The molecule has 1 saturated heterocycles. The molecular weight excluding hydrogens is 274 g/mol. The second kappa shape index (κ2) is 5.48. The van der Waals surface area contributed by atoms with Crippen LogP contribution in [0.4, 0.5) is 0 Å². The van der Waals surface area contributed by atoms with Crippen LogP contribution in [0.1, 0.15) is 59.5 Å². The molecule has 3 N–H and O–H groups in total. The molecule has 3 rings (SSSR count). The molecule has 0 aliphatic carbocycles. The molecule has 1 aromatic rings. The van der Waals surface area contributed by atoms with Crippen LogP contribution < -0.4 is 5.32 Å². The highest BCUT2D eigenvalue weighted by atomic mass is 16.4. The summed E-state index contributed by atoms with van der Waals surface area (Å²) in [5, 5.41) is 22.0. The van der Waals surface area contributed by atoms with Gasteiger partial charge in [0.2, 0.25) is 0 Å². The molecule has 7 heteroatoms. The molecule has 0 bridgehead atoms. The number of carboxylic acid groups (broad SMARTS) is 2. The minimum Gasteiger partial charge on any atom is -0.481 e. The highest BCUT2D eigenvalue weighted by Gasteiger charge is 2.36. The summed E-state index contributed by atoms with van der Waals surface area (Å²) in [6.45, 7) is 2.44. The van der Waals surface area contributed by atoms with E-state index in [2.05, 4.69) is 10.3 Å². The van der Waals surface area contributed by atoms with Gasteiger partial charge in [-0.3, -0.25) is 4.79 Å². The van der Waals surface area contributed by atoms with Gasteiger partial charge in [0.1, 0.15) is 5.82 Å². The average Bonchev–Trinajstić information content (AvgIpc) is 2.87. The summed E-state index contributed by atoms with van der Waals surface area (Å²) in [4.78, 5) is 27.2. The Morgan fingerprint density at radius 2 is 1.90 bits per heavy atom. The van der Waals surface area contributed by atoms with Crippen molar-refractivity contribution in [1.82, 2.24) is 14.9 Å². The second-order valence-corrected chi connectivity index (χ2v) is 5.72. The normalized spacial score (nSPS) is 22.8. The fourth-order valence-electron chi connectivity index (χ4n) is 3.45. The van der Waals surface area contributed by atoms with Crippen molar-refractivity contribution in [2.24, 2.45) is 0 Å². The fourth-order valence-corrected chi connectivity index (χ4v) is 3.45. The average molecular weight is 293 g/mol. The lowest BCUT2D eigenvalue weighted by Gasteiger charge is -2.27. The Balaban J connectivity index is 2.08. The Bertz CT molecular complexity index is 575. The van der Waals surface area contributed by atoms with Crippen LogP contribution in [-0.2, 0) is 11.3 Å². The van der Waals surface area contributed by atoms with Gasteiger partial charge in [-0.15, -0.1) is 0 Å². The Morgan fingerprint density at radius 1 is 1.19 bits per heavy atom. The van der Waals surface area contributed by atoms with Crippen molar-refractivity contribution in [1.29, 1.82) is 0 Å². The Labute approximate surface area is 122 Å². The number of aliphatic carboxylic acids is 1. The Hall–Kier alpha value is -1.89. The highest BCUT2D eigenvalue weighted by Crippen LogP contribution is 2.35. The predicted molar refractivity (Wildman–Crippen MR) is 73.6 cm³/mol. The third-order valence-electron chi connectivity index (χ3n) is 4.45. The summed E-state index contributed by atoms with van der Waals surface area (Å²) >= 11 is 0. The number of carboxylic acids is 2. The van der Waals surface area contributed by atoms with Gasteiger partial charge in [-0.25, -0.2) is 9.78 Å². The number of imidazole rings is 1. The van der Waals surface area contributed by atoms with Crippen LogP contribution in [0.15, 0.2) is 0 Å². The van der Waals surface area contributed by atoms with E-state index in [4.69, 9.17) is 0 Å². The molecule has 114 valence electrons. The summed E-state index contributed by atoms with van der Waals surface area (Å²) in [6, 6.07) is 0. The van der Waals surface area contributed by atoms with E-state index in [9.17, 15) is 19.8 Å². The molecule has 2 aliphatic heterocycles. The van der Waals surface area contributed by atoms with E-state index in [1.165, 1.54) is 0 Å². The summed E-state index contributed by atoms with van der Waals surface area (Å²) < 4.78 is 1.86. The molecule has 1 atom stereocenters. The smallest absolute Gasteiger partial charge is 0.356 e. The molecule has 1 aromatic heterocycles. The van der Waals surface area contributed by atoms with Gasteiger partial charge in [0.15, 0.2) is 5.69 Å². The van der Waals surface area contributed by atoms with E-state index in [1.54, 1.807) is 0 Å². The van der Waals surface area contributed by atoms with Crippen molar-refractivity contribution in [2.45, 2.75) is 44.1 Å². The number of nitrogens with one attached hydrogen (secondary N) is 1. The van der Waals surface area contributed by atoms with Crippen LogP contribution in [0.5, 0.6) is 0 Å². The van der Waals surface area contributed by atoms with Gasteiger partial charge in [-0.05, 0) is 38.8 Å². The Morgan fingerprint density at radius 3 is 2.52 bits per heavy atom. The second-order valence-electron chi connectivity index (χ2n) is 5.72. The zero-order valence-corrected chi connectivity index (χ0v) is 11.7. The number of rotatable bonds is 3. The summed E-state index contributed by atoms with van der Waals surface area (Å²) in [5.74, 6) is -1.88. The molecule has 0 radical (unpaired) electrons. The maximum absolute atomic E-state index is 11.5. The molecule has 1 unspecified atom stereocenters. The number of piperidine rings is 1. The lowest BCUT2D eigenvalue weighted by Crippen LogP contribution is -2.29. The van der Waals surface area contributed by atoms with Crippen molar-refractivity contribution in [3.8, 4) is 0 Å². The molecular formula is C14H19N3O4. The van der Waals surface area contributed by atoms with E-state index >= 15 is 0 Å². The molecule has 7 nitrogen and oxygen atoms in total. The minimum absolute atomic E-state index is 0.0735. The first kappa shape index (κ1) is 14.1. The number of nitrogens with zero attached hydrogens (tertiary/aromatic N) is 2. The standard InChI is InChI=1S/C14H19N3O4/c18-13(19)9-2-1-7-17-11(9)10(14(20)21)16-12(17)8-3-5-15-6-4-8/h8-9,15H,1-7H2,(H,18,19)(H,20,21). The van der Waals surface area contributed by atoms with Gasteiger partial charge in [0.25, 0.3) is 0 Å². The van der Waals surface area contributed by atoms with Gasteiger partial charge in [-0.1, -0.05) is 0 Å². The SMILES string of the molecule is O=C(O)c1nc(C2CCNCC2)n2c1C(C(=O)O)CCC2. The van der Waals surface area contributed by atoms with E-state index in [0.29, 0.717) is 18.7 Å². The van der Waals surface area contributed by atoms with Crippen molar-refractivity contribution in [2.75, 3.05) is 13.1 Å². The third kappa shape index (κ3) is 2.42. The lowest BCUT2D eigenvalue weighted by atomic mass is 9.93. The van der Waals surface area contributed by atoms with Gasteiger partial charge in [0, 0.05) is 12.5 Å². The molecule has 0 spiro atoms. The maximum atomic E-state index is 11.5. The summed E-state index contributed by atoms with van der Waals surface area (Å²) in [6.07, 6.45) is 3.05. The topological polar surface area (TPSA) is 104 Å². The van der Waals surface area contributed by atoms with Crippen LogP contribution in [0.25, 0.3) is 0 Å². The van der Waals surface area contributed by atoms with Gasteiger partial charge < -0.3 is 20.1 Å². The lowest BCUT2D eigenvalue weighted by molar-refractivity contribution is -0.139. The van der Waals surface area contributed by atoms with E-state index in [0.717, 1.165) is 38.2 Å². The van der Waals surface area contributed by atoms with E-state index in [-0.39, 0.29) is 11.6 Å². The summed E-state index contributed by atoms with van der Waals surface area (Å²) in [7, 11) is 0. The van der Waals surface area contributed by atoms with Crippen molar-refractivity contribution in [3.63, 3.8) is 0 Å². The number of fused-ring (bicyclic) bond motifs is 1. The van der Waals surface area contributed by atoms with E-state index in [1.807, 2.05) is 4.57 Å². The first-order valence-corrected chi connectivity index (χ1v) is 7.36. The monoisotopic (exact) mass is 293 g/mol. The molecule has 0 amide bonds. The Kier molecular flexibility index (Phi) is 3.67. The molecule has 1 fully saturated rings. The fraction of sp³-hybridized carbons (Fsp3) is 0.643. The number of hydrogen-bond donors (Lipinski definition) is 3. The molecule has 0 aromatic carbocycles. The minimum atomic E-state index is -1.13. The van der Waals surface area contributed by atoms with Crippen LogP contribution in [0.2, 0.25) is 0 Å². The van der Waals surface area contributed by atoms with Crippen molar-refractivity contribution >= 4 is 11.9 Å². The van der Waals surface area contributed by atoms with Crippen molar-refractivity contribution in [3.05, 3.63) is 17.2 Å². The quantitative estimate of drug-likeness (QED) is 0.768. The number of aromatic carboxylic acids is 1. The first-order chi connectivity index (χ1) is 10.1. The van der Waals surface area contributed by atoms with Crippen LogP contribution >= 0.6 is 0 Å². The van der Waals surface area contributed by atoms with Crippen LogP contribution in [0.3, 0.4) is 0 Å². The molecule has 3 heterocycles. The molecule has 2 aliphatic rings. The summed E-state index contributed by atoms with van der Waals surface area (Å²) in [5.41, 5.74) is 0.311. The predicted octanol–water partition coefficient (Wildman–Crippen LogP) is 1.01. The largest absolute Gasteiger partial charge is 0.481 e. The zero-order chi connectivity index (χ0) is 15.0. The van der Waals surface area contributed by atoms with Gasteiger partial charge >= 0.3 is 11.9 Å². The van der Waals surface area contributed by atoms with Gasteiger partial charge in [-0.2, -0.15) is 0 Å². The third-order valence-corrected chi connectivity index (χ3v) is 4.45. The number of aromatic nitrogens is 2. The number of carbonyl (C=O) groups is 2. The number of hydrogen-bond acceptors (Lipinski definition) is 4. The van der Waals surface area contributed by atoms with Crippen LogP contribution in [-0.4, -0.2) is 44.8 Å². The highest BCUT2D eigenvalue weighted by molar-refractivity contribution is 5.90. The van der Waals surface area contributed by atoms with E-state index < -0.39 is 17.9 Å². The molecule has 0 saturated carbocycles. The van der Waals surface area contributed by atoms with Crippen molar-refractivity contribution < 1.29 is 19.8 Å². The van der Waals surface area contributed by atoms with Gasteiger partial charge in [0.05, 0.1) is 11.6 Å². The first-order valence-electron chi connectivity index (χ1n) is 7.36.